The molecule has 1 saturated heterocycles. The highest BCUT2D eigenvalue weighted by Gasteiger charge is 2.18. The minimum Gasteiger partial charge on any atom is -0.324 e. The number of nitrogens with zero attached hydrogens (tertiary/aromatic N) is 2. The molecule has 1 aliphatic heterocycles. The summed E-state index contributed by atoms with van der Waals surface area (Å²) in [5, 5.41) is 2.97. The van der Waals surface area contributed by atoms with Crippen LogP contribution < -0.4 is 5.32 Å². The number of para-hydroxylation sites is 1. The van der Waals surface area contributed by atoms with E-state index in [-0.39, 0.29) is 5.91 Å². The fraction of sp³-hybridized carbons (Fsp3) is 0.286. The van der Waals surface area contributed by atoms with Crippen molar-refractivity contribution in [1.29, 1.82) is 0 Å². The number of hydrogen-bond acceptors (Lipinski definition) is 3. The van der Waals surface area contributed by atoms with Crippen molar-refractivity contribution < 1.29 is 4.79 Å². The van der Waals surface area contributed by atoms with Gasteiger partial charge in [-0.3, -0.25) is 14.6 Å². The number of halogens is 1. The molecule has 26 heavy (non-hydrogen) atoms. The summed E-state index contributed by atoms with van der Waals surface area (Å²) in [5.41, 5.74) is 2.05. The molecule has 1 N–H and O–H groups in total. The van der Waals surface area contributed by atoms with Crippen LogP contribution in [0.5, 0.6) is 0 Å². The van der Waals surface area contributed by atoms with Crippen LogP contribution in [0.1, 0.15) is 5.56 Å². The Labute approximate surface area is 163 Å². The molecule has 5 heteroatoms. The highest BCUT2D eigenvalue weighted by atomic mass is 79.9. The number of nitrogens with one attached hydrogen (secondary N) is 1. The van der Waals surface area contributed by atoms with Crippen LogP contribution in [0.3, 0.4) is 0 Å². The Kier molecular flexibility index (Phi) is 7.00. The van der Waals surface area contributed by atoms with Crippen molar-refractivity contribution in [3.63, 3.8) is 0 Å². The molecular weight excluding hydrogens is 390 g/mol. The fourth-order valence-corrected chi connectivity index (χ4v) is 3.37. The lowest BCUT2D eigenvalue weighted by atomic mass is 10.2. The number of carbonyl (C=O) groups excluding carboxylic acids is 1. The minimum atomic E-state index is 0.0364. The summed E-state index contributed by atoms with van der Waals surface area (Å²) in [7, 11) is 0. The Hall–Kier alpha value is -1.95. The highest BCUT2D eigenvalue weighted by Crippen LogP contribution is 2.21. The summed E-state index contributed by atoms with van der Waals surface area (Å²) in [6, 6.07) is 18.0. The second kappa shape index (κ2) is 9.67. The Balaban J connectivity index is 1.39. The molecule has 0 spiro atoms. The monoisotopic (exact) mass is 413 g/mol. The molecule has 0 saturated carbocycles. The smallest absolute Gasteiger partial charge is 0.238 e. The maximum Gasteiger partial charge on any atom is 0.238 e. The lowest BCUT2D eigenvalue weighted by molar-refractivity contribution is -0.117. The van der Waals surface area contributed by atoms with Gasteiger partial charge in [0.05, 0.1) is 12.2 Å². The Morgan fingerprint density at radius 2 is 1.62 bits per heavy atom. The molecule has 1 heterocycles. The van der Waals surface area contributed by atoms with Crippen LogP contribution in [0.25, 0.3) is 6.08 Å². The van der Waals surface area contributed by atoms with E-state index in [1.165, 1.54) is 5.56 Å². The van der Waals surface area contributed by atoms with Crippen molar-refractivity contribution in [1.82, 2.24) is 9.80 Å². The van der Waals surface area contributed by atoms with Crippen molar-refractivity contribution in [2.24, 2.45) is 0 Å². The second-order valence-electron chi connectivity index (χ2n) is 6.42. The van der Waals surface area contributed by atoms with E-state index >= 15 is 0 Å². The number of piperazine rings is 1. The third-order valence-electron chi connectivity index (χ3n) is 4.45. The molecule has 1 fully saturated rings. The van der Waals surface area contributed by atoms with E-state index in [9.17, 15) is 4.79 Å². The third kappa shape index (κ3) is 5.80. The van der Waals surface area contributed by atoms with Crippen LogP contribution in [0.4, 0.5) is 5.69 Å². The average molecular weight is 414 g/mol. The summed E-state index contributed by atoms with van der Waals surface area (Å²) >= 11 is 3.46. The summed E-state index contributed by atoms with van der Waals surface area (Å²) in [6.07, 6.45) is 4.38. The van der Waals surface area contributed by atoms with E-state index < -0.39 is 0 Å². The number of hydrogen-bond donors (Lipinski definition) is 1. The SMILES string of the molecule is O=C(CN1CCN(CC=Cc2ccccc2)CC1)Nc1ccccc1Br. The van der Waals surface area contributed by atoms with Gasteiger partial charge in [-0.1, -0.05) is 54.6 Å². The Bertz CT molecular complexity index is 740. The van der Waals surface area contributed by atoms with Crippen molar-refractivity contribution in [2.75, 3.05) is 44.6 Å². The molecule has 0 radical (unpaired) electrons. The summed E-state index contributed by atoms with van der Waals surface area (Å²) in [5.74, 6) is 0.0364. The molecule has 2 aromatic carbocycles. The number of carbonyl (C=O) groups is 1. The first kappa shape index (κ1) is 18.8. The van der Waals surface area contributed by atoms with Crippen molar-refractivity contribution in [3.05, 3.63) is 70.7 Å². The van der Waals surface area contributed by atoms with Crippen LogP contribution in [0.15, 0.2) is 65.1 Å². The van der Waals surface area contributed by atoms with Crippen molar-refractivity contribution >= 4 is 33.6 Å². The van der Waals surface area contributed by atoms with E-state index in [2.05, 4.69) is 67.5 Å². The molecule has 1 amide bonds. The standard InChI is InChI=1S/C21H24BrN3O/c22-19-10-4-5-11-20(19)23-21(26)17-25-15-13-24(14-16-25)12-6-9-18-7-2-1-3-8-18/h1-11H,12-17H2,(H,23,26). The van der Waals surface area contributed by atoms with Crippen LogP contribution in [-0.2, 0) is 4.79 Å². The average Bonchev–Trinajstić information content (AvgIpc) is 2.66. The van der Waals surface area contributed by atoms with Crippen LogP contribution >= 0.6 is 15.9 Å². The van der Waals surface area contributed by atoms with Gasteiger partial charge in [-0.2, -0.15) is 0 Å². The van der Waals surface area contributed by atoms with Crippen molar-refractivity contribution in [3.8, 4) is 0 Å². The predicted molar refractivity (Wildman–Crippen MR) is 111 cm³/mol. The molecule has 0 unspecified atom stereocenters. The first-order valence-electron chi connectivity index (χ1n) is 8.91. The molecule has 3 rings (SSSR count). The maximum atomic E-state index is 12.2. The molecule has 0 bridgehead atoms. The van der Waals surface area contributed by atoms with Gasteiger partial charge in [0.15, 0.2) is 0 Å². The molecular formula is C21H24BrN3O. The molecule has 2 aromatic rings. The van der Waals surface area contributed by atoms with Gasteiger partial charge in [0, 0.05) is 37.2 Å². The van der Waals surface area contributed by atoms with Crippen LogP contribution in [0.2, 0.25) is 0 Å². The minimum absolute atomic E-state index is 0.0364. The Morgan fingerprint density at radius 1 is 0.962 bits per heavy atom. The predicted octanol–water partition coefficient (Wildman–Crippen LogP) is 3.72. The van der Waals surface area contributed by atoms with Gasteiger partial charge in [0.2, 0.25) is 5.91 Å². The van der Waals surface area contributed by atoms with Crippen molar-refractivity contribution in [2.45, 2.75) is 0 Å². The van der Waals surface area contributed by atoms with E-state index in [0.29, 0.717) is 6.54 Å². The first-order valence-corrected chi connectivity index (χ1v) is 9.71. The summed E-state index contributed by atoms with van der Waals surface area (Å²) in [4.78, 5) is 16.9. The Morgan fingerprint density at radius 3 is 2.35 bits per heavy atom. The quantitative estimate of drug-likeness (QED) is 0.783. The fourth-order valence-electron chi connectivity index (χ4n) is 2.99. The van der Waals surface area contributed by atoms with Gasteiger partial charge >= 0.3 is 0 Å². The number of anilines is 1. The van der Waals surface area contributed by atoms with Gasteiger partial charge in [0.1, 0.15) is 0 Å². The van der Waals surface area contributed by atoms with E-state index in [0.717, 1.165) is 42.9 Å². The van der Waals surface area contributed by atoms with Gasteiger partial charge in [-0.15, -0.1) is 0 Å². The zero-order chi connectivity index (χ0) is 18.2. The van der Waals surface area contributed by atoms with Gasteiger partial charge in [0.25, 0.3) is 0 Å². The number of benzene rings is 2. The zero-order valence-electron chi connectivity index (χ0n) is 14.8. The largest absolute Gasteiger partial charge is 0.324 e. The molecule has 0 atom stereocenters. The molecule has 1 aliphatic rings. The topological polar surface area (TPSA) is 35.6 Å². The van der Waals surface area contributed by atoms with E-state index in [1.807, 2.05) is 30.3 Å². The molecule has 0 aromatic heterocycles. The maximum absolute atomic E-state index is 12.2. The third-order valence-corrected chi connectivity index (χ3v) is 5.15. The summed E-state index contributed by atoms with van der Waals surface area (Å²) in [6.45, 7) is 5.20. The normalized spacial score (nSPS) is 16.0. The first-order chi connectivity index (χ1) is 12.7. The highest BCUT2D eigenvalue weighted by molar-refractivity contribution is 9.10. The molecule has 0 aliphatic carbocycles. The molecule has 136 valence electrons. The zero-order valence-corrected chi connectivity index (χ0v) is 16.4. The van der Waals surface area contributed by atoms with Gasteiger partial charge in [-0.05, 0) is 33.6 Å². The van der Waals surface area contributed by atoms with Crippen LogP contribution in [0, 0.1) is 0 Å². The summed E-state index contributed by atoms with van der Waals surface area (Å²) < 4.78 is 0.906. The van der Waals surface area contributed by atoms with Crippen LogP contribution in [-0.4, -0.2) is 55.0 Å². The van der Waals surface area contributed by atoms with Gasteiger partial charge < -0.3 is 5.32 Å². The van der Waals surface area contributed by atoms with E-state index in [4.69, 9.17) is 0 Å². The van der Waals surface area contributed by atoms with Gasteiger partial charge in [-0.25, -0.2) is 0 Å². The second-order valence-corrected chi connectivity index (χ2v) is 7.27. The number of amides is 1. The molecule has 4 nitrogen and oxygen atoms in total. The number of rotatable bonds is 6. The van der Waals surface area contributed by atoms with E-state index in [1.54, 1.807) is 0 Å². The lowest BCUT2D eigenvalue weighted by Gasteiger charge is -2.33. The lowest BCUT2D eigenvalue weighted by Crippen LogP contribution is -2.48.